The number of anilines is 1. The average molecular weight is 248 g/mol. The fourth-order valence-corrected chi connectivity index (χ4v) is 1.05. The first-order chi connectivity index (χ1) is 7.88. The largest absolute Gasteiger partial charge is 0.378 e. The molecule has 0 saturated heterocycles. The van der Waals surface area contributed by atoms with Gasteiger partial charge in [0.1, 0.15) is 6.10 Å². The lowest BCUT2D eigenvalue weighted by Gasteiger charge is -2.13. The quantitative estimate of drug-likeness (QED) is 0.642. The highest BCUT2D eigenvalue weighted by molar-refractivity contribution is 6.54. The molecule has 93 valence electrons. The summed E-state index contributed by atoms with van der Waals surface area (Å²) in [7, 11) is 4.05. The van der Waals surface area contributed by atoms with Crippen LogP contribution in [0.3, 0.4) is 0 Å². The van der Waals surface area contributed by atoms with Crippen molar-refractivity contribution in [2.75, 3.05) is 19.0 Å². The molecular formula is C14H22NOSi. The maximum Gasteiger partial charge on any atom is 0.139 e. The maximum absolute atomic E-state index is 9.31. The van der Waals surface area contributed by atoms with Gasteiger partial charge in [0.2, 0.25) is 0 Å². The van der Waals surface area contributed by atoms with Gasteiger partial charge < -0.3 is 10.0 Å². The normalized spacial score (nSPS) is 11.2. The van der Waals surface area contributed by atoms with E-state index in [0.717, 1.165) is 11.3 Å². The summed E-state index contributed by atoms with van der Waals surface area (Å²) in [4.78, 5) is 1.99. The van der Waals surface area contributed by atoms with Crippen LogP contribution < -0.4 is 4.90 Å². The average Bonchev–Trinajstić information content (AvgIpc) is 2.27. The van der Waals surface area contributed by atoms with Crippen molar-refractivity contribution in [3.63, 3.8) is 0 Å². The molecule has 0 aliphatic carbocycles. The van der Waals surface area contributed by atoms with Crippen molar-refractivity contribution in [1.29, 1.82) is 0 Å². The number of rotatable bonds is 2. The lowest BCUT2D eigenvalue weighted by molar-refractivity contribution is 0.238. The molecule has 0 spiro atoms. The van der Waals surface area contributed by atoms with Gasteiger partial charge in [-0.05, 0) is 17.7 Å². The minimum Gasteiger partial charge on any atom is -0.378 e. The zero-order valence-electron chi connectivity index (χ0n) is 11.4. The maximum atomic E-state index is 9.31. The third-order valence-electron chi connectivity index (χ3n) is 1.88. The van der Waals surface area contributed by atoms with E-state index in [-0.39, 0.29) is 8.80 Å². The number of benzene rings is 1. The van der Waals surface area contributed by atoms with Gasteiger partial charge >= 0.3 is 0 Å². The molecule has 0 aromatic heterocycles. The molecule has 1 rings (SSSR count). The molecule has 1 N–H and O–H groups in total. The van der Waals surface area contributed by atoms with Crippen molar-refractivity contribution >= 4 is 14.5 Å². The number of aliphatic hydroxyl groups is 1. The molecule has 2 nitrogen and oxygen atoms in total. The predicted octanol–water partition coefficient (Wildman–Crippen LogP) is 2.79. The summed E-state index contributed by atoms with van der Waals surface area (Å²) < 4.78 is 0. The van der Waals surface area contributed by atoms with Crippen LogP contribution in [0.5, 0.6) is 0 Å². The second-order valence-electron chi connectivity index (χ2n) is 4.56. The summed E-state index contributed by atoms with van der Waals surface area (Å²) in [5.74, 6) is 2.27. The molecule has 0 aliphatic heterocycles. The topological polar surface area (TPSA) is 23.5 Å². The molecule has 17 heavy (non-hydrogen) atoms. The Labute approximate surface area is 107 Å². The molecule has 3 heteroatoms. The van der Waals surface area contributed by atoms with Crippen molar-refractivity contribution in [3.05, 3.63) is 29.8 Å². The van der Waals surface area contributed by atoms with E-state index in [0.29, 0.717) is 0 Å². The third-order valence-corrected chi connectivity index (χ3v) is 1.88. The van der Waals surface area contributed by atoms with E-state index in [9.17, 15) is 5.11 Å². The Morgan fingerprint density at radius 2 is 1.59 bits per heavy atom. The molecule has 0 aliphatic rings. The van der Waals surface area contributed by atoms with Gasteiger partial charge in [0.05, 0.1) is 0 Å². The van der Waals surface area contributed by atoms with E-state index >= 15 is 0 Å². The summed E-state index contributed by atoms with van der Waals surface area (Å²) in [5.41, 5.74) is 1.85. The first kappa shape index (κ1) is 15.8. The number of terminal acetylenes is 1. The number of hydrogen-bond acceptors (Lipinski definition) is 2. The second kappa shape index (κ2) is 7.94. The third kappa shape index (κ3) is 6.83. The monoisotopic (exact) mass is 248 g/mol. The molecule has 0 saturated carbocycles. The molecule has 1 radical (unpaired) electrons. The van der Waals surface area contributed by atoms with Crippen LogP contribution >= 0.6 is 0 Å². The second-order valence-corrected chi connectivity index (χ2v) is 7.56. The van der Waals surface area contributed by atoms with Crippen molar-refractivity contribution in [1.82, 2.24) is 0 Å². The molecular weight excluding hydrogens is 226 g/mol. The highest BCUT2D eigenvalue weighted by Crippen LogP contribution is 2.16. The first-order valence-electron chi connectivity index (χ1n) is 5.56. The van der Waals surface area contributed by atoms with Crippen LogP contribution in [-0.2, 0) is 0 Å². The lowest BCUT2D eigenvalue weighted by Crippen LogP contribution is -2.08. The number of aliphatic hydroxyl groups excluding tert-OH is 1. The van der Waals surface area contributed by atoms with Gasteiger partial charge in [0.15, 0.2) is 0 Å². The highest BCUT2D eigenvalue weighted by atomic mass is 28.3. The Morgan fingerprint density at radius 1 is 1.18 bits per heavy atom. The number of hydrogen-bond donors (Lipinski definition) is 1. The Bertz CT molecular complexity index is 349. The first-order valence-corrected chi connectivity index (χ1v) is 8.56. The predicted molar refractivity (Wildman–Crippen MR) is 77.9 cm³/mol. The molecule has 0 bridgehead atoms. The van der Waals surface area contributed by atoms with Crippen LogP contribution in [0.2, 0.25) is 19.6 Å². The Hall–Kier alpha value is -1.24. The molecule has 1 atom stereocenters. The van der Waals surface area contributed by atoms with Gasteiger partial charge in [-0.25, -0.2) is 0 Å². The summed E-state index contributed by atoms with van der Waals surface area (Å²) in [6.45, 7) is 6.81. The van der Waals surface area contributed by atoms with Gasteiger partial charge in [0, 0.05) is 28.6 Å². The Kier molecular flexibility index (Phi) is 7.36. The lowest BCUT2D eigenvalue weighted by atomic mass is 10.1. The van der Waals surface area contributed by atoms with Crippen LogP contribution in [-0.4, -0.2) is 28.0 Å². The summed E-state index contributed by atoms with van der Waals surface area (Å²) in [6.07, 6.45) is 4.30. The van der Waals surface area contributed by atoms with Crippen molar-refractivity contribution in [2.45, 2.75) is 25.7 Å². The van der Waals surface area contributed by atoms with E-state index in [1.165, 1.54) is 0 Å². The fourth-order valence-electron chi connectivity index (χ4n) is 1.05. The fraction of sp³-hybridized carbons (Fsp3) is 0.429. The Morgan fingerprint density at radius 3 is 1.88 bits per heavy atom. The standard InChI is InChI=1S/C11H13NO.C3H9Si/c1-4-11(13)9-5-7-10(8-6-9)12(2)3;1-4(2)3/h1,5-8,11,13H,2-3H3;1-3H3. The SMILES string of the molecule is C#CC(O)c1ccc(N(C)C)cc1.C[Si](C)C. The van der Waals surface area contributed by atoms with Gasteiger partial charge in [-0.2, -0.15) is 0 Å². The van der Waals surface area contributed by atoms with Crippen molar-refractivity contribution in [2.24, 2.45) is 0 Å². The summed E-state index contributed by atoms with van der Waals surface area (Å²) >= 11 is 0. The van der Waals surface area contributed by atoms with Crippen LogP contribution in [0.25, 0.3) is 0 Å². The molecule has 0 heterocycles. The van der Waals surface area contributed by atoms with Gasteiger partial charge in [0.25, 0.3) is 0 Å². The van der Waals surface area contributed by atoms with E-state index in [1.54, 1.807) is 0 Å². The van der Waals surface area contributed by atoms with Gasteiger partial charge in [-0.15, -0.1) is 6.42 Å². The molecule has 0 fully saturated rings. The van der Waals surface area contributed by atoms with Gasteiger partial charge in [-0.3, -0.25) is 0 Å². The smallest absolute Gasteiger partial charge is 0.139 e. The van der Waals surface area contributed by atoms with Crippen LogP contribution in [0.4, 0.5) is 5.69 Å². The molecule has 1 unspecified atom stereocenters. The van der Waals surface area contributed by atoms with E-state index in [1.807, 2.05) is 43.3 Å². The van der Waals surface area contributed by atoms with Crippen LogP contribution in [0.15, 0.2) is 24.3 Å². The van der Waals surface area contributed by atoms with Crippen molar-refractivity contribution < 1.29 is 5.11 Å². The molecule has 1 aromatic rings. The molecule has 1 aromatic carbocycles. The van der Waals surface area contributed by atoms with Crippen LogP contribution in [0, 0.1) is 12.3 Å². The number of nitrogens with zero attached hydrogens (tertiary/aromatic N) is 1. The summed E-state index contributed by atoms with van der Waals surface area (Å²) in [5, 5.41) is 9.31. The zero-order valence-corrected chi connectivity index (χ0v) is 12.4. The molecule has 0 amide bonds. The summed E-state index contributed by atoms with van der Waals surface area (Å²) in [6, 6.07) is 7.52. The minimum absolute atomic E-state index is 0.120. The highest BCUT2D eigenvalue weighted by Gasteiger charge is 2.02. The van der Waals surface area contributed by atoms with E-state index in [4.69, 9.17) is 6.42 Å². The van der Waals surface area contributed by atoms with E-state index in [2.05, 4.69) is 25.6 Å². The van der Waals surface area contributed by atoms with Crippen LogP contribution in [0.1, 0.15) is 11.7 Å². The van der Waals surface area contributed by atoms with E-state index < -0.39 is 6.10 Å². The van der Waals surface area contributed by atoms with Gasteiger partial charge in [-0.1, -0.05) is 37.7 Å². The minimum atomic E-state index is -0.795. The van der Waals surface area contributed by atoms with Crippen molar-refractivity contribution in [3.8, 4) is 12.3 Å². The Balaban J connectivity index is 0.000000557. The zero-order chi connectivity index (χ0) is 13.4.